The standard InChI is InChI=1S/C20H22N4O4S2/c1-20(2,3)24-30(27,28)17-10-14(23-19(25)26)8-9-15(17)18-22-11-16(29-18)12-4-6-13(21)7-5-12/h4-11,23-24H,21H2,1-3H3,(H,25,26). The number of hydrogen-bond acceptors (Lipinski definition) is 6. The smallest absolute Gasteiger partial charge is 0.409 e. The molecule has 0 fully saturated rings. The van der Waals surface area contributed by atoms with E-state index in [9.17, 15) is 13.2 Å². The molecule has 1 aromatic heterocycles. The van der Waals surface area contributed by atoms with Crippen LogP contribution in [0.2, 0.25) is 0 Å². The van der Waals surface area contributed by atoms with Crippen LogP contribution in [0.1, 0.15) is 20.8 Å². The van der Waals surface area contributed by atoms with Crippen molar-refractivity contribution in [3.8, 4) is 21.0 Å². The maximum Gasteiger partial charge on any atom is 0.409 e. The highest BCUT2D eigenvalue weighted by molar-refractivity contribution is 7.89. The molecule has 0 aliphatic heterocycles. The SMILES string of the molecule is CC(C)(C)NS(=O)(=O)c1cc(NC(=O)O)ccc1-c1ncc(-c2ccc(N)cc2)s1. The van der Waals surface area contributed by atoms with Gasteiger partial charge in [0.25, 0.3) is 0 Å². The fraction of sp³-hybridized carbons (Fsp3) is 0.200. The Morgan fingerprint density at radius 3 is 2.40 bits per heavy atom. The van der Waals surface area contributed by atoms with Crippen molar-refractivity contribution in [1.82, 2.24) is 9.71 Å². The van der Waals surface area contributed by atoms with Crippen LogP contribution in [0.25, 0.3) is 21.0 Å². The summed E-state index contributed by atoms with van der Waals surface area (Å²) in [5.74, 6) is 0. The summed E-state index contributed by atoms with van der Waals surface area (Å²) in [7, 11) is -3.95. The molecule has 3 rings (SSSR count). The van der Waals surface area contributed by atoms with Gasteiger partial charge in [-0.05, 0) is 56.7 Å². The molecule has 2 aromatic carbocycles. The first kappa shape index (κ1) is 21.8. The Morgan fingerprint density at radius 1 is 1.13 bits per heavy atom. The second-order valence-electron chi connectivity index (χ2n) is 7.65. The molecule has 0 aliphatic rings. The highest BCUT2D eigenvalue weighted by atomic mass is 32.2. The van der Waals surface area contributed by atoms with E-state index >= 15 is 0 Å². The van der Waals surface area contributed by atoms with E-state index < -0.39 is 21.7 Å². The normalized spacial score (nSPS) is 12.0. The Balaban J connectivity index is 2.10. The molecule has 0 spiro atoms. The minimum Gasteiger partial charge on any atom is -0.465 e. The number of nitrogen functional groups attached to an aromatic ring is 1. The van der Waals surface area contributed by atoms with Crippen LogP contribution in [0.4, 0.5) is 16.2 Å². The van der Waals surface area contributed by atoms with Gasteiger partial charge >= 0.3 is 6.09 Å². The third-order valence-corrected chi connectivity index (χ3v) is 6.77. The van der Waals surface area contributed by atoms with E-state index in [1.54, 1.807) is 45.2 Å². The van der Waals surface area contributed by atoms with Gasteiger partial charge in [-0.2, -0.15) is 0 Å². The van der Waals surface area contributed by atoms with E-state index in [0.29, 0.717) is 16.3 Å². The minimum absolute atomic E-state index is 0.0538. The first-order valence-corrected chi connectivity index (χ1v) is 11.2. The van der Waals surface area contributed by atoms with Crippen molar-refractivity contribution in [2.45, 2.75) is 31.2 Å². The molecule has 0 aliphatic carbocycles. The van der Waals surface area contributed by atoms with Crippen molar-refractivity contribution in [1.29, 1.82) is 0 Å². The third-order valence-electron chi connectivity index (χ3n) is 3.89. The van der Waals surface area contributed by atoms with Gasteiger partial charge in [-0.15, -0.1) is 11.3 Å². The Labute approximate surface area is 178 Å². The number of amides is 1. The Kier molecular flexibility index (Phi) is 5.84. The number of benzene rings is 2. The average molecular weight is 447 g/mol. The van der Waals surface area contributed by atoms with Gasteiger partial charge in [0, 0.05) is 28.7 Å². The number of nitrogens with one attached hydrogen (secondary N) is 2. The summed E-state index contributed by atoms with van der Waals surface area (Å²) in [6.07, 6.45) is 0.387. The zero-order valence-corrected chi connectivity index (χ0v) is 18.3. The molecule has 0 bridgehead atoms. The summed E-state index contributed by atoms with van der Waals surface area (Å²) in [5.41, 5.74) is 7.11. The molecule has 30 heavy (non-hydrogen) atoms. The second kappa shape index (κ2) is 8.05. The van der Waals surface area contributed by atoms with Gasteiger partial charge in [0.15, 0.2) is 0 Å². The summed E-state index contributed by atoms with van der Waals surface area (Å²) in [6, 6.07) is 11.6. The molecular formula is C20H22N4O4S2. The topological polar surface area (TPSA) is 134 Å². The van der Waals surface area contributed by atoms with Gasteiger partial charge < -0.3 is 10.8 Å². The highest BCUT2D eigenvalue weighted by Gasteiger charge is 2.27. The number of nitrogens with zero attached hydrogens (tertiary/aromatic N) is 1. The zero-order chi connectivity index (χ0) is 22.1. The van der Waals surface area contributed by atoms with Crippen molar-refractivity contribution in [3.63, 3.8) is 0 Å². The first-order chi connectivity index (χ1) is 13.9. The first-order valence-electron chi connectivity index (χ1n) is 8.95. The molecule has 10 heteroatoms. The largest absolute Gasteiger partial charge is 0.465 e. The number of carboxylic acid groups (broad SMARTS) is 1. The molecule has 0 unspecified atom stereocenters. The van der Waals surface area contributed by atoms with E-state index in [0.717, 1.165) is 10.4 Å². The maximum atomic E-state index is 13.1. The second-order valence-corrected chi connectivity index (χ2v) is 10.3. The summed E-state index contributed by atoms with van der Waals surface area (Å²) in [5, 5.41) is 11.7. The molecule has 0 saturated carbocycles. The van der Waals surface area contributed by atoms with Crippen molar-refractivity contribution >= 4 is 38.8 Å². The summed E-state index contributed by atoms with van der Waals surface area (Å²) >= 11 is 1.33. The molecule has 0 saturated heterocycles. The molecule has 3 aromatic rings. The van der Waals surface area contributed by atoms with Crippen LogP contribution in [0.3, 0.4) is 0 Å². The summed E-state index contributed by atoms with van der Waals surface area (Å²) < 4.78 is 28.7. The minimum atomic E-state index is -3.95. The molecule has 5 N–H and O–H groups in total. The van der Waals surface area contributed by atoms with Gasteiger partial charge in [0.1, 0.15) is 5.01 Å². The van der Waals surface area contributed by atoms with Crippen LogP contribution in [0.15, 0.2) is 53.6 Å². The van der Waals surface area contributed by atoms with Crippen LogP contribution >= 0.6 is 11.3 Å². The van der Waals surface area contributed by atoms with E-state index in [2.05, 4.69) is 15.0 Å². The fourth-order valence-electron chi connectivity index (χ4n) is 2.76. The predicted molar refractivity (Wildman–Crippen MR) is 119 cm³/mol. The molecule has 1 amide bonds. The fourth-order valence-corrected chi connectivity index (χ4v) is 5.44. The predicted octanol–water partition coefficient (Wildman–Crippen LogP) is 4.23. The van der Waals surface area contributed by atoms with Gasteiger partial charge in [-0.25, -0.2) is 22.9 Å². The van der Waals surface area contributed by atoms with Crippen LogP contribution in [-0.4, -0.2) is 30.1 Å². The number of aromatic nitrogens is 1. The molecule has 0 radical (unpaired) electrons. The summed E-state index contributed by atoms with van der Waals surface area (Å²) in [6.45, 7) is 5.19. The number of nitrogens with two attached hydrogens (primary N) is 1. The molecular weight excluding hydrogens is 424 g/mol. The van der Waals surface area contributed by atoms with E-state index in [-0.39, 0.29) is 10.6 Å². The van der Waals surface area contributed by atoms with E-state index in [4.69, 9.17) is 10.8 Å². The lowest BCUT2D eigenvalue weighted by molar-refractivity contribution is 0.209. The van der Waals surface area contributed by atoms with Crippen molar-refractivity contribution < 1.29 is 18.3 Å². The lowest BCUT2D eigenvalue weighted by Gasteiger charge is -2.21. The van der Waals surface area contributed by atoms with E-state index in [1.807, 2.05) is 12.1 Å². The number of thiazole rings is 1. The number of rotatable bonds is 5. The third kappa shape index (κ3) is 5.15. The summed E-state index contributed by atoms with van der Waals surface area (Å²) in [4.78, 5) is 16.2. The average Bonchev–Trinajstić information content (AvgIpc) is 3.09. The van der Waals surface area contributed by atoms with E-state index in [1.165, 1.54) is 23.5 Å². The van der Waals surface area contributed by atoms with Crippen LogP contribution in [-0.2, 0) is 10.0 Å². The number of sulfonamides is 1. The van der Waals surface area contributed by atoms with Crippen molar-refractivity contribution in [3.05, 3.63) is 48.7 Å². The van der Waals surface area contributed by atoms with Gasteiger partial charge in [0.2, 0.25) is 10.0 Å². The van der Waals surface area contributed by atoms with Gasteiger partial charge in [-0.1, -0.05) is 12.1 Å². The van der Waals surface area contributed by atoms with Crippen LogP contribution < -0.4 is 15.8 Å². The van der Waals surface area contributed by atoms with Gasteiger partial charge in [0.05, 0.1) is 9.77 Å². The lowest BCUT2D eigenvalue weighted by Crippen LogP contribution is -2.40. The van der Waals surface area contributed by atoms with Crippen LogP contribution in [0, 0.1) is 0 Å². The lowest BCUT2D eigenvalue weighted by atomic mass is 10.1. The Hall–Kier alpha value is -2.95. The van der Waals surface area contributed by atoms with Gasteiger partial charge in [-0.3, -0.25) is 5.32 Å². The molecule has 1 heterocycles. The van der Waals surface area contributed by atoms with Crippen LogP contribution in [0.5, 0.6) is 0 Å². The molecule has 8 nitrogen and oxygen atoms in total. The number of hydrogen-bond donors (Lipinski definition) is 4. The monoisotopic (exact) mass is 446 g/mol. The number of carbonyl (C=O) groups is 1. The Bertz CT molecular complexity index is 1180. The highest BCUT2D eigenvalue weighted by Crippen LogP contribution is 2.36. The quantitative estimate of drug-likeness (QED) is 0.433. The van der Waals surface area contributed by atoms with Crippen molar-refractivity contribution in [2.24, 2.45) is 0 Å². The molecule has 158 valence electrons. The molecule has 0 atom stereocenters. The maximum absolute atomic E-state index is 13.1. The Morgan fingerprint density at radius 2 is 1.80 bits per heavy atom. The van der Waals surface area contributed by atoms with Crippen molar-refractivity contribution in [2.75, 3.05) is 11.1 Å². The number of anilines is 2. The zero-order valence-electron chi connectivity index (χ0n) is 16.6.